The molecule has 0 spiro atoms. The molecule has 1 aliphatic heterocycles. The van der Waals surface area contributed by atoms with Crippen LogP contribution in [0, 0.1) is 11.6 Å². The van der Waals surface area contributed by atoms with Crippen molar-refractivity contribution >= 4 is 6.09 Å². The number of carbonyl (C=O) groups is 1. The van der Waals surface area contributed by atoms with Crippen LogP contribution in [0.15, 0.2) is 18.2 Å². The molecule has 0 aliphatic carbocycles. The number of hydrogen-bond acceptors (Lipinski definition) is 3. The van der Waals surface area contributed by atoms with Crippen LogP contribution in [-0.4, -0.2) is 32.9 Å². The molecule has 3 rings (SSSR count). The van der Waals surface area contributed by atoms with E-state index in [1.54, 1.807) is 16.6 Å². The summed E-state index contributed by atoms with van der Waals surface area (Å²) in [6.45, 7) is 7.80. The standard InChI is InChI=1S/C19H23F2N3O2/c1-11-16-15(6-7-24(11)18(25)26-19(2,3)4)17(23(5)22-16)12-8-13(20)10-14(21)9-12/h8-11H,6-7H2,1-5H3. The van der Waals surface area contributed by atoms with Gasteiger partial charge in [-0.1, -0.05) is 0 Å². The predicted octanol–water partition coefficient (Wildman–Crippen LogP) is 4.22. The highest BCUT2D eigenvalue weighted by molar-refractivity contribution is 5.71. The summed E-state index contributed by atoms with van der Waals surface area (Å²) in [4.78, 5) is 14.1. The first-order valence-electron chi connectivity index (χ1n) is 8.58. The number of aromatic nitrogens is 2. The smallest absolute Gasteiger partial charge is 0.410 e. The van der Waals surface area contributed by atoms with Crippen molar-refractivity contribution in [1.29, 1.82) is 0 Å². The summed E-state index contributed by atoms with van der Waals surface area (Å²) in [5, 5.41) is 4.52. The molecule has 7 heteroatoms. The van der Waals surface area contributed by atoms with E-state index in [1.165, 1.54) is 12.1 Å². The van der Waals surface area contributed by atoms with Crippen molar-refractivity contribution in [3.8, 4) is 11.3 Å². The van der Waals surface area contributed by atoms with Crippen molar-refractivity contribution in [2.75, 3.05) is 6.54 Å². The van der Waals surface area contributed by atoms with E-state index in [0.717, 1.165) is 17.3 Å². The zero-order valence-electron chi connectivity index (χ0n) is 15.6. The molecule has 1 aliphatic rings. The molecular formula is C19H23F2N3O2. The Balaban J connectivity index is 1.97. The molecule has 1 amide bonds. The van der Waals surface area contributed by atoms with E-state index in [0.29, 0.717) is 24.2 Å². The molecule has 0 N–H and O–H groups in total. The maximum absolute atomic E-state index is 13.6. The van der Waals surface area contributed by atoms with E-state index in [1.807, 2.05) is 27.7 Å². The van der Waals surface area contributed by atoms with Crippen molar-refractivity contribution in [1.82, 2.24) is 14.7 Å². The molecule has 140 valence electrons. The Bertz CT molecular complexity index is 835. The highest BCUT2D eigenvalue weighted by Gasteiger charge is 2.35. The van der Waals surface area contributed by atoms with Gasteiger partial charge in [0.25, 0.3) is 0 Å². The number of halogens is 2. The van der Waals surface area contributed by atoms with Gasteiger partial charge in [0.15, 0.2) is 0 Å². The minimum Gasteiger partial charge on any atom is -0.444 e. The molecule has 1 unspecified atom stereocenters. The fourth-order valence-electron chi connectivity index (χ4n) is 3.37. The molecule has 26 heavy (non-hydrogen) atoms. The van der Waals surface area contributed by atoms with E-state index in [9.17, 15) is 13.6 Å². The van der Waals surface area contributed by atoms with Crippen molar-refractivity contribution in [2.45, 2.75) is 45.8 Å². The average molecular weight is 363 g/mol. The van der Waals surface area contributed by atoms with Crippen LogP contribution in [0.3, 0.4) is 0 Å². The first-order valence-corrected chi connectivity index (χ1v) is 8.58. The van der Waals surface area contributed by atoms with Crippen LogP contribution in [0.25, 0.3) is 11.3 Å². The van der Waals surface area contributed by atoms with Gasteiger partial charge in [0.05, 0.1) is 17.4 Å². The molecule has 5 nitrogen and oxygen atoms in total. The number of hydrogen-bond donors (Lipinski definition) is 0. The Kier molecular flexibility index (Phi) is 4.50. The Morgan fingerprint density at radius 3 is 2.42 bits per heavy atom. The number of nitrogens with zero attached hydrogens (tertiary/aromatic N) is 3. The van der Waals surface area contributed by atoms with Gasteiger partial charge in [-0.25, -0.2) is 13.6 Å². The molecule has 0 saturated carbocycles. The van der Waals surface area contributed by atoms with Gasteiger partial charge in [0, 0.05) is 30.8 Å². The zero-order valence-corrected chi connectivity index (χ0v) is 15.6. The molecule has 0 saturated heterocycles. The molecule has 1 aromatic heterocycles. The van der Waals surface area contributed by atoms with Gasteiger partial charge in [-0.15, -0.1) is 0 Å². The lowest BCUT2D eigenvalue weighted by Crippen LogP contribution is -2.42. The van der Waals surface area contributed by atoms with Crippen LogP contribution in [0.2, 0.25) is 0 Å². The second-order valence-electron chi connectivity index (χ2n) is 7.59. The zero-order chi connectivity index (χ0) is 19.2. The normalized spacial score (nSPS) is 17.2. The summed E-state index contributed by atoms with van der Waals surface area (Å²) >= 11 is 0. The SMILES string of the molecule is CC1c2nn(C)c(-c3cc(F)cc(F)c3)c2CCN1C(=O)OC(C)(C)C. The largest absolute Gasteiger partial charge is 0.444 e. The van der Waals surface area contributed by atoms with Crippen molar-refractivity contribution < 1.29 is 18.3 Å². The molecule has 0 fully saturated rings. The third-order valence-electron chi connectivity index (χ3n) is 4.41. The Morgan fingerprint density at radius 2 is 1.85 bits per heavy atom. The number of carbonyl (C=O) groups excluding carboxylic acids is 1. The van der Waals surface area contributed by atoms with E-state index >= 15 is 0 Å². The molecule has 0 bridgehead atoms. The van der Waals surface area contributed by atoms with E-state index < -0.39 is 17.2 Å². The molecule has 1 atom stereocenters. The Morgan fingerprint density at radius 1 is 1.23 bits per heavy atom. The van der Waals surface area contributed by atoms with Gasteiger partial charge >= 0.3 is 6.09 Å². The number of fused-ring (bicyclic) bond motifs is 1. The Labute approximate surface area is 151 Å². The van der Waals surface area contributed by atoms with Crippen LogP contribution in [0.1, 0.15) is 45.0 Å². The maximum Gasteiger partial charge on any atom is 0.410 e. The van der Waals surface area contributed by atoms with E-state index in [-0.39, 0.29) is 12.1 Å². The fraction of sp³-hybridized carbons (Fsp3) is 0.474. The number of rotatable bonds is 1. The summed E-state index contributed by atoms with van der Waals surface area (Å²) in [6.07, 6.45) is 0.153. The van der Waals surface area contributed by atoms with Gasteiger partial charge in [-0.2, -0.15) is 5.10 Å². The molecule has 2 heterocycles. The average Bonchev–Trinajstić information content (AvgIpc) is 2.81. The van der Waals surface area contributed by atoms with Gasteiger partial charge in [0.2, 0.25) is 0 Å². The summed E-state index contributed by atoms with van der Waals surface area (Å²) in [5.41, 5.74) is 2.17. The minimum atomic E-state index is -0.630. The van der Waals surface area contributed by atoms with Crippen molar-refractivity contribution in [3.05, 3.63) is 41.1 Å². The fourth-order valence-corrected chi connectivity index (χ4v) is 3.37. The first-order chi connectivity index (χ1) is 12.1. The van der Waals surface area contributed by atoms with Crippen LogP contribution in [-0.2, 0) is 18.2 Å². The quantitative estimate of drug-likeness (QED) is 0.762. The third kappa shape index (κ3) is 3.43. The lowest BCUT2D eigenvalue weighted by atomic mass is 9.96. The lowest BCUT2D eigenvalue weighted by molar-refractivity contribution is 0.0155. The van der Waals surface area contributed by atoms with Crippen molar-refractivity contribution in [2.24, 2.45) is 7.05 Å². The van der Waals surface area contributed by atoms with Crippen LogP contribution in [0.5, 0.6) is 0 Å². The van der Waals surface area contributed by atoms with Crippen LogP contribution >= 0.6 is 0 Å². The maximum atomic E-state index is 13.6. The summed E-state index contributed by atoms with van der Waals surface area (Å²) in [5.74, 6) is -1.26. The highest BCUT2D eigenvalue weighted by atomic mass is 19.1. The monoisotopic (exact) mass is 363 g/mol. The number of aryl methyl sites for hydroxylation is 1. The lowest BCUT2D eigenvalue weighted by Gasteiger charge is -2.34. The van der Waals surface area contributed by atoms with Gasteiger partial charge in [-0.3, -0.25) is 9.58 Å². The first kappa shape index (κ1) is 18.4. The van der Waals surface area contributed by atoms with Gasteiger partial charge < -0.3 is 4.74 Å². The number of benzene rings is 1. The van der Waals surface area contributed by atoms with E-state index in [2.05, 4.69) is 5.10 Å². The van der Waals surface area contributed by atoms with E-state index in [4.69, 9.17) is 4.74 Å². The molecule has 1 aromatic carbocycles. The second kappa shape index (κ2) is 6.37. The topological polar surface area (TPSA) is 47.4 Å². The molecular weight excluding hydrogens is 340 g/mol. The van der Waals surface area contributed by atoms with Gasteiger partial charge in [0.1, 0.15) is 17.2 Å². The van der Waals surface area contributed by atoms with Crippen LogP contribution in [0.4, 0.5) is 13.6 Å². The minimum absolute atomic E-state index is 0.285. The predicted molar refractivity (Wildman–Crippen MR) is 93.6 cm³/mol. The van der Waals surface area contributed by atoms with Crippen LogP contribution < -0.4 is 0 Å². The van der Waals surface area contributed by atoms with Crippen molar-refractivity contribution in [3.63, 3.8) is 0 Å². The molecule has 0 radical (unpaired) electrons. The molecule has 2 aromatic rings. The highest BCUT2D eigenvalue weighted by Crippen LogP contribution is 2.36. The summed E-state index contributed by atoms with van der Waals surface area (Å²) in [7, 11) is 1.74. The van der Waals surface area contributed by atoms with Gasteiger partial charge in [-0.05, 0) is 46.2 Å². The summed E-state index contributed by atoms with van der Waals surface area (Å²) in [6, 6.07) is 3.15. The summed E-state index contributed by atoms with van der Waals surface area (Å²) < 4.78 is 34.4. The Hall–Kier alpha value is -2.44. The second-order valence-corrected chi connectivity index (χ2v) is 7.59. The third-order valence-corrected chi connectivity index (χ3v) is 4.41. The number of amides is 1. The number of ether oxygens (including phenoxy) is 1.